The number of nitrogens with zero attached hydrogens (tertiary/aromatic N) is 9. The maximum Gasteiger partial charge on any atom is 0.262 e. The van der Waals surface area contributed by atoms with Crippen LogP contribution in [0.4, 0.5) is 22.9 Å². The molecule has 1 atom stereocenters. The number of carbonyl (C=O) groups is 6. The third-order valence-electron chi connectivity index (χ3n) is 16.3. The highest BCUT2D eigenvalue weighted by atomic mass is 16.2. The number of amides is 6. The van der Waals surface area contributed by atoms with Crippen molar-refractivity contribution in [3.63, 3.8) is 0 Å². The largest absolute Gasteiger partial charge is 0.371 e. The monoisotopic (exact) mass is 944 g/mol. The molecule has 2 saturated carbocycles. The fourth-order valence-electron chi connectivity index (χ4n) is 12.0. The zero-order valence-electron chi connectivity index (χ0n) is 39.0. The summed E-state index contributed by atoms with van der Waals surface area (Å²) in [6, 6.07) is 23.4. The number of benzene rings is 3. The van der Waals surface area contributed by atoms with E-state index in [1.54, 1.807) is 24.5 Å². The van der Waals surface area contributed by atoms with E-state index < -0.39 is 29.7 Å². The van der Waals surface area contributed by atoms with Crippen molar-refractivity contribution >= 4 is 69.5 Å². The van der Waals surface area contributed by atoms with Gasteiger partial charge in [0, 0.05) is 94.0 Å². The van der Waals surface area contributed by atoms with Gasteiger partial charge >= 0.3 is 0 Å². The average Bonchev–Trinajstić information content (AvgIpc) is 3.87. The third kappa shape index (κ3) is 8.10. The third-order valence-corrected chi connectivity index (χ3v) is 16.3. The number of piperidine rings is 2. The van der Waals surface area contributed by atoms with Crippen LogP contribution in [0.3, 0.4) is 0 Å². The lowest BCUT2D eigenvalue weighted by Gasteiger charge is -2.56. The average molecular weight is 945 g/mol. The van der Waals surface area contributed by atoms with E-state index in [0.717, 1.165) is 85.1 Å². The second-order valence-corrected chi connectivity index (χ2v) is 20.5. The highest BCUT2D eigenvalue weighted by Gasteiger charge is 2.49. The molecule has 3 aromatic carbocycles. The standard InChI is InChI=1S/C52H56N12O6/c65-43-13-12-42(48(67)58-43)64-50(69)40-11-10-37(25-41(40)51(64)70)62-28-33(29-62)49(68)61-20-18-60(19-21-61)39-26-52(27-39)14-16-59(17-15-52)36-8-6-34(7-9-36)57-46-45-47(54-30-53-46)63(31-55-45)38-23-35(24-38)56-44(66)22-32-4-2-1-3-5-32/h1-11,25,30-31,33,35,38-39,42H,12-24,26-29H2,(H,56,66)(H,53,54,57)(H,58,65,67)/t35?,38?,42-/m0/s1. The summed E-state index contributed by atoms with van der Waals surface area (Å²) in [5, 5.41) is 8.88. The van der Waals surface area contributed by atoms with Crippen LogP contribution in [-0.4, -0.2) is 140 Å². The summed E-state index contributed by atoms with van der Waals surface area (Å²) in [6.07, 6.45) is 10.4. The van der Waals surface area contributed by atoms with Gasteiger partial charge in [-0.3, -0.25) is 43.9 Å². The van der Waals surface area contributed by atoms with Gasteiger partial charge in [-0.15, -0.1) is 0 Å². The molecule has 3 N–H and O–H groups in total. The van der Waals surface area contributed by atoms with Crippen LogP contribution in [0.5, 0.6) is 0 Å². The fourth-order valence-corrected chi connectivity index (χ4v) is 12.0. The van der Waals surface area contributed by atoms with Gasteiger partial charge in [-0.2, -0.15) is 0 Å². The van der Waals surface area contributed by atoms with Crippen LogP contribution in [0.1, 0.15) is 83.7 Å². The Morgan fingerprint density at radius 3 is 2.23 bits per heavy atom. The van der Waals surface area contributed by atoms with Gasteiger partial charge in [0.1, 0.15) is 12.4 Å². The van der Waals surface area contributed by atoms with E-state index >= 15 is 0 Å². The number of nitrogens with one attached hydrogen (secondary N) is 3. The van der Waals surface area contributed by atoms with Crippen molar-refractivity contribution in [3.8, 4) is 0 Å². The first-order valence-corrected chi connectivity index (χ1v) is 24.8. The molecule has 7 heterocycles. The summed E-state index contributed by atoms with van der Waals surface area (Å²) in [6.45, 7) is 6.39. The van der Waals surface area contributed by atoms with E-state index in [2.05, 4.69) is 69.5 Å². The number of rotatable bonds is 11. The number of imidazole rings is 1. The molecular formula is C52H56N12O6. The summed E-state index contributed by atoms with van der Waals surface area (Å²) in [7, 11) is 0. The van der Waals surface area contributed by atoms with Crippen LogP contribution in [0.25, 0.3) is 11.2 Å². The summed E-state index contributed by atoms with van der Waals surface area (Å²) in [5.41, 5.74) is 6.32. The minimum absolute atomic E-state index is 0.0460. The first-order valence-electron chi connectivity index (χ1n) is 24.8. The minimum atomic E-state index is -1.00. The molecule has 2 aliphatic carbocycles. The molecule has 4 saturated heterocycles. The summed E-state index contributed by atoms with van der Waals surface area (Å²) < 4.78 is 2.10. The predicted molar refractivity (Wildman–Crippen MR) is 259 cm³/mol. The lowest BCUT2D eigenvalue weighted by Crippen LogP contribution is -2.61. The number of carbonyl (C=O) groups excluding carboxylic acids is 6. The number of hydrogen-bond acceptors (Lipinski definition) is 13. The predicted octanol–water partition coefficient (Wildman–Crippen LogP) is 4.06. The first-order chi connectivity index (χ1) is 34.0. The van der Waals surface area contributed by atoms with Crippen molar-refractivity contribution in [1.82, 2.24) is 44.9 Å². The quantitative estimate of drug-likeness (QED) is 0.161. The lowest BCUT2D eigenvalue weighted by atomic mass is 9.60. The van der Waals surface area contributed by atoms with Crippen molar-refractivity contribution in [2.75, 3.05) is 67.5 Å². The van der Waals surface area contributed by atoms with Crippen LogP contribution < -0.4 is 25.8 Å². The Balaban J connectivity index is 0.569. The lowest BCUT2D eigenvalue weighted by molar-refractivity contribution is -0.139. The number of anilines is 4. The van der Waals surface area contributed by atoms with Gasteiger partial charge in [0.2, 0.25) is 23.6 Å². The Morgan fingerprint density at radius 1 is 0.757 bits per heavy atom. The van der Waals surface area contributed by atoms with Gasteiger partial charge in [-0.05, 0) is 98.4 Å². The van der Waals surface area contributed by atoms with E-state index in [1.165, 1.54) is 31.4 Å². The van der Waals surface area contributed by atoms with Crippen LogP contribution >= 0.6 is 0 Å². The Bertz CT molecular complexity index is 2890. The van der Waals surface area contributed by atoms with Crippen LogP contribution in [-0.2, 0) is 25.6 Å². The van der Waals surface area contributed by atoms with Crippen molar-refractivity contribution < 1.29 is 28.8 Å². The normalized spacial score (nSPS) is 23.7. The summed E-state index contributed by atoms with van der Waals surface area (Å²) >= 11 is 0. The molecule has 0 bridgehead atoms. The van der Waals surface area contributed by atoms with Gasteiger partial charge in [-0.1, -0.05) is 30.3 Å². The second kappa shape index (κ2) is 17.6. The SMILES string of the molecule is O=C1CC[C@H](N2C(=O)c3ccc(N4CC(C(=O)N5CCN(C6CC7(CCN(c8ccc(Nc9ncnc%10c9ncn%10C9CC(NC(=O)Cc%10ccccc%10)C9)cc8)CC7)C6)CC5)C4)cc3C2=O)C(=O)N1. The van der Waals surface area contributed by atoms with E-state index in [1.807, 2.05) is 41.6 Å². The molecule has 2 aromatic heterocycles. The highest BCUT2D eigenvalue weighted by Crippen LogP contribution is 2.51. The maximum atomic E-state index is 13.6. The molecule has 1 spiro atoms. The second-order valence-electron chi connectivity index (χ2n) is 20.5. The molecule has 70 heavy (non-hydrogen) atoms. The molecule has 18 heteroatoms. The number of hydrogen-bond donors (Lipinski definition) is 3. The van der Waals surface area contributed by atoms with E-state index in [-0.39, 0.29) is 53.8 Å². The zero-order chi connectivity index (χ0) is 47.7. The Kier molecular flexibility index (Phi) is 11.1. The van der Waals surface area contributed by atoms with Gasteiger partial charge in [-0.25, -0.2) is 15.0 Å². The number of imide groups is 2. The smallest absolute Gasteiger partial charge is 0.262 e. The molecule has 6 fully saturated rings. The van der Waals surface area contributed by atoms with Crippen molar-refractivity contribution in [2.24, 2.45) is 11.3 Å². The molecule has 5 aromatic rings. The fraction of sp³-hybridized carbons (Fsp3) is 0.442. The minimum Gasteiger partial charge on any atom is -0.371 e. The molecule has 7 aliphatic rings. The maximum absolute atomic E-state index is 13.6. The zero-order valence-corrected chi connectivity index (χ0v) is 39.0. The molecule has 360 valence electrons. The first kappa shape index (κ1) is 44.0. The topological polar surface area (TPSA) is 198 Å². The van der Waals surface area contributed by atoms with Gasteiger partial charge in [0.15, 0.2) is 17.0 Å². The molecule has 12 rings (SSSR count). The molecule has 18 nitrogen and oxygen atoms in total. The molecular weight excluding hydrogens is 889 g/mol. The van der Waals surface area contributed by atoms with E-state index in [0.29, 0.717) is 36.8 Å². The van der Waals surface area contributed by atoms with Crippen molar-refractivity contribution in [1.29, 1.82) is 0 Å². The molecule has 0 radical (unpaired) electrons. The number of piperazine rings is 1. The van der Waals surface area contributed by atoms with Crippen molar-refractivity contribution in [3.05, 3.63) is 102 Å². The van der Waals surface area contributed by atoms with Gasteiger partial charge < -0.3 is 29.9 Å². The van der Waals surface area contributed by atoms with Crippen LogP contribution in [0.2, 0.25) is 0 Å². The Hall–Kier alpha value is -7.21. The van der Waals surface area contributed by atoms with E-state index in [9.17, 15) is 28.8 Å². The summed E-state index contributed by atoms with van der Waals surface area (Å²) in [5.74, 6) is -1.33. The Labute approximate surface area is 404 Å². The Morgan fingerprint density at radius 2 is 1.49 bits per heavy atom. The van der Waals surface area contributed by atoms with Crippen LogP contribution in [0.15, 0.2) is 85.5 Å². The molecule has 6 amide bonds. The number of fused-ring (bicyclic) bond motifs is 2. The number of aromatic nitrogens is 4. The van der Waals surface area contributed by atoms with Gasteiger partial charge in [0.25, 0.3) is 11.8 Å². The van der Waals surface area contributed by atoms with Crippen LogP contribution in [0, 0.1) is 11.3 Å². The van der Waals surface area contributed by atoms with E-state index in [4.69, 9.17) is 4.98 Å². The molecule has 5 aliphatic heterocycles. The summed E-state index contributed by atoms with van der Waals surface area (Å²) in [4.78, 5) is 101. The highest BCUT2D eigenvalue weighted by molar-refractivity contribution is 6.23. The van der Waals surface area contributed by atoms with Gasteiger partial charge in [0.05, 0.1) is 29.8 Å². The molecule has 0 unspecified atom stereocenters. The van der Waals surface area contributed by atoms with Crippen molar-refractivity contribution in [2.45, 2.75) is 82.0 Å².